The highest BCUT2D eigenvalue weighted by Crippen LogP contribution is 2.53. The van der Waals surface area contributed by atoms with Crippen molar-refractivity contribution in [1.82, 2.24) is 19.3 Å². The molecule has 0 spiro atoms. The summed E-state index contributed by atoms with van der Waals surface area (Å²) in [6, 6.07) is 4.93. The lowest BCUT2D eigenvalue weighted by Gasteiger charge is -2.43. The molecule has 0 aliphatic carbocycles. The molecule has 208 valence electrons. The van der Waals surface area contributed by atoms with Crippen LogP contribution in [0.2, 0.25) is 0 Å². The zero-order chi connectivity index (χ0) is 28.3. The molecule has 0 bridgehead atoms. The van der Waals surface area contributed by atoms with Gasteiger partial charge in [-0.05, 0) is 44.6 Å². The molecule has 0 unspecified atom stereocenters. The van der Waals surface area contributed by atoms with Gasteiger partial charge in [-0.1, -0.05) is 26.8 Å². The number of amides is 2. The Kier molecular flexibility index (Phi) is 8.94. The zero-order valence-electron chi connectivity index (χ0n) is 23.5. The first-order valence-electron chi connectivity index (χ1n) is 12.6. The zero-order valence-corrected chi connectivity index (χ0v) is 24.3. The normalized spacial score (nSPS) is 12.5. The van der Waals surface area contributed by atoms with E-state index >= 15 is 0 Å². The molecule has 38 heavy (non-hydrogen) atoms. The molecule has 11 heteroatoms. The molecule has 0 saturated heterocycles. The van der Waals surface area contributed by atoms with Crippen LogP contribution in [0.15, 0.2) is 30.9 Å². The van der Waals surface area contributed by atoms with Crippen LogP contribution in [0, 0.1) is 6.92 Å². The van der Waals surface area contributed by atoms with Gasteiger partial charge in [0.15, 0.2) is 0 Å². The van der Waals surface area contributed by atoms with Crippen LogP contribution in [0.25, 0.3) is 11.0 Å². The van der Waals surface area contributed by atoms with Crippen molar-refractivity contribution in [1.29, 1.82) is 0 Å². The Labute approximate surface area is 226 Å². The number of rotatable bonds is 12. The van der Waals surface area contributed by atoms with Gasteiger partial charge in [0.2, 0.25) is 11.9 Å². The lowest BCUT2D eigenvalue weighted by Crippen LogP contribution is -2.25. The molecule has 0 aliphatic heterocycles. The van der Waals surface area contributed by atoms with Crippen LogP contribution in [0.5, 0.6) is 5.75 Å². The highest BCUT2D eigenvalue weighted by Gasteiger charge is 2.28. The highest BCUT2D eigenvalue weighted by molar-refractivity contribution is 8.29. The fraction of sp³-hybridized carbons (Fsp3) is 0.481. The number of imidazole rings is 1. The van der Waals surface area contributed by atoms with Gasteiger partial charge in [-0.25, -0.2) is 4.98 Å². The second-order valence-corrected chi connectivity index (χ2v) is 14.3. The number of carbonyl (C=O) groups excluding carboxylic acids is 2. The van der Waals surface area contributed by atoms with Gasteiger partial charge in [0.1, 0.15) is 17.0 Å². The van der Waals surface area contributed by atoms with E-state index in [2.05, 4.69) is 55.3 Å². The monoisotopic (exact) mass is 544 g/mol. The van der Waals surface area contributed by atoms with E-state index in [1.54, 1.807) is 33.5 Å². The van der Waals surface area contributed by atoms with Crippen molar-refractivity contribution in [2.24, 2.45) is 5.73 Å². The van der Waals surface area contributed by atoms with Crippen LogP contribution in [-0.2, 0) is 17.3 Å². The van der Waals surface area contributed by atoms with E-state index < -0.39 is 16.2 Å². The van der Waals surface area contributed by atoms with Gasteiger partial charge < -0.3 is 19.2 Å². The van der Waals surface area contributed by atoms with Crippen molar-refractivity contribution < 1.29 is 18.5 Å². The summed E-state index contributed by atoms with van der Waals surface area (Å²) in [5, 5.41) is 7.24. The molecule has 0 radical (unpaired) electrons. The third-order valence-electron chi connectivity index (χ3n) is 6.46. The molecule has 1 aromatic carbocycles. The van der Waals surface area contributed by atoms with Gasteiger partial charge in [-0.2, -0.15) is 5.10 Å². The average molecular weight is 545 g/mol. The predicted molar refractivity (Wildman–Crippen MR) is 154 cm³/mol. The van der Waals surface area contributed by atoms with Crippen LogP contribution < -0.4 is 15.8 Å². The van der Waals surface area contributed by atoms with Crippen LogP contribution in [-0.4, -0.2) is 61.6 Å². The fourth-order valence-electron chi connectivity index (χ4n) is 3.70. The number of benzene rings is 1. The van der Waals surface area contributed by atoms with E-state index in [1.165, 1.54) is 0 Å². The molecule has 2 amide bonds. The summed E-state index contributed by atoms with van der Waals surface area (Å²) in [4.78, 5) is 29.8. The maximum atomic E-state index is 13.1. The lowest BCUT2D eigenvalue weighted by atomic mass is 10.1. The number of nitrogens with zero attached hydrogens (tertiary/aromatic N) is 4. The molecular weight excluding hydrogens is 504 g/mol. The van der Waals surface area contributed by atoms with Crippen LogP contribution in [0.3, 0.4) is 0 Å². The van der Waals surface area contributed by atoms with Crippen LogP contribution in [0.4, 0.5) is 5.95 Å². The maximum Gasteiger partial charge on any atom is 0.276 e. The smallest absolute Gasteiger partial charge is 0.276 e. The van der Waals surface area contributed by atoms with Crippen LogP contribution in [0.1, 0.15) is 60.7 Å². The number of allylic oxidation sites excluding steroid dienone is 1. The van der Waals surface area contributed by atoms with Crippen molar-refractivity contribution >= 4 is 39.1 Å². The number of aryl methyl sites for hydroxylation is 2. The molecule has 0 aliphatic rings. The predicted octanol–water partition coefficient (Wildman–Crippen LogP) is 4.66. The quantitative estimate of drug-likeness (QED) is 0.252. The minimum Gasteiger partial charge on any atom is -0.491 e. The van der Waals surface area contributed by atoms with Gasteiger partial charge in [-0.15, -0.1) is 16.9 Å². The first-order valence-corrected chi connectivity index (χ1v) is 15.0. The number of ether oxygens (including phenoxy) is 1. The van der Waals surface area contributed by atoms with E-state index in [1.807, 2.05) is 13.8 Å². The molecular formula is C27H40N6O4S. The molecule has 3 rings (SSSR count). The molecule has 10 nitrogen and oxygen atoms in total. The van der Waals surface area contributed by atoms with Gasteiger partial charge >= 0.3 is 0 Å². The van der Waals surface area contributed by atoms with E-state index in [4.69, 9.17) is 14.7 Å². The number of primary amides is 1. The average Bonchev–Trinajstić information content (AvgIpc) is 3.38. The number of nitrogens with one attached hydrogen (secondary N) is 1. The summed E-state index contributed by atoms with van der Waals surface area (Å²) in [6.45, 7) is 16.0. The summed E-state index contributed by atoms with van der Waals surface area (Å²) < 4.78 is 15.8. The Morgan fingerprint density at radius 2 is 1.92 bits per heavy atom. The summed E-state index contributed by atoms with van der Waals surface area (Å²) in [7, 11) is -1.23. The van der Waals surface area contributed by atoms with Crippen molar-refractivity contribution in [2.45, 2.75) is 58.9 Å². The topological polar surface area (TPSA) is 126 Å². The van der Waals surface area contributed by atoms with Crippen LogP contribution >= 0.6 is 10.3 Å². The van der Waals surface area contributed by atoms with Crippen molar-refractivity contribution in [2.75, 3.05) is 31.0 Å². The highest BCUT2D eigenvalue weighted by atomic mass is 32.3. The summed E-state index contributed by atoms with van der Waals surface area (Å²) in [5.41, 5.74) is 8.14. The van der Waals surface area contributed by atoms with Gasteiger partial charge in [0, 0.05) is 29.8 Å². The standard InChI is InChI=1S/C27H40N6O4S/c1-9-12-32-23-20(29-26(32)30-25(35)21-15-18(3)31-33(21)10-2)16-19(24(28)34)17-22(23)36-13-11-14-37-38(7,8)27(4,5)6/h9,15-17H,1,10-14H2,2-8H3,(H2,28,34)(H,29,30,35). The molecule has 3 aromatic rings. The first kappa shape index (κ1) is 29.2. The minimum atomic E-state index is -1.23. The number of carbonyl (C=O) groups is 2. The number of anilines is 1. The maximum absolute atomic E-state index is 13.1. The molecule has 2 aromatic heterocycles. The second-order valence-electron chi connectivity index (χ2n) is 10.4. The van der Waals surface area contributed by atoms with E-state index in [0.717, 1.165) is 5.69 Å². The van der Waals surface area contributed by atoms with Crippen molar-refractivity contribution in [3.05, 3.63) is 47.8 Å². The SMILES string of the molecule is C=CCn1c(NC(=O)c2cc(C)nn2CC)nc2cc(C(N)=O)cc(OCCCOS(C)(C)C(C)(C)C)c21. The number of hydrogen-bond donors (Lipinski definition) is 2. The lowest BCUT2D eigenvalue weighted by molar-refractivity contribution is 0.0995. The van der Waals surface area contributed by atoms with E-state index in [-0.39, 0.29) is 16.2 Å². The van der Waals surface area contributed by atoms with Gasteiger partial charge in [0.05, 0.1) is 24.4 Å². The first-order chi connectivity index (χ1) is 17.8. The van der Waals surface area contributed by atoms with Crippen molar-refractivity contribution in [3.8, 4) is 5.75 Å². The Morgan fingerprint density at radius 1 is 1.21 bits per heavy atom. The Hall–Kier alpha value is -3.31. The van der Waals surface area contributed by atoms with E-state index in [9.17, 15) is 9.59 Å². The fourth-order valence-corrected chi connectivity index (χ4v) is 4.59. The Morgan fingerprint density at radius 3 is 2.53 bits per heavy atom. The molecule has 0 atom stereocenters. The Balaban J connectivity index is 1.90. The number of fused-ring (bicyclic) bond motifs is 1. The largest absolute Gasteiger partial charge is 0.491 e. The minimum absolute atomic E-state index is 0.0708. The Bertz CT molecular complexity index is 1340. The molecule has 2 heterocycles. The van der Waals surface area contributed by atoms with Gasteiger partial charge in [0.25, 0.3) is 5.91 Å². The number of nitrogens with two attached hydrogens (primary N) is 1. The number of hydrogen-bond acceptors (Lipinski definition) is 6. The molecule has 0 fully saturated rings. The van der Waals surface area contributed by atoms with E-state index in [0.29, 0.717) is 61.1 Å². The summed E-state index contributed by atoms with van der Waals surface area (Å²) >= 11 is 0. The summed E-state index contributed by atoms with van der Waals surface area (Å²) in [5.74, 6) is -0.187. The van der Waals surface area contributed by atoms with Gasteiger partial charge in [-0.3, -0.25) is 19.6 Å². The second kappa shape index (κ2) is 11.6. The molecule has 3 N–H and O–H groups in total. The van der Waals surface area contributed by atoms with Crippen molar-refractivity contribution in [3.63, 3.8) is 0 Å². The number of aromatic nitrogens is 4. The third kappa shape index (κ3) is 6.39. The third-order valence-corrected chi connectivity index (χ3v) is 10.2. The molecule has 0 saturated carbocycles. The summed E-state index contributed by atoms with van der Waals surface area (Å²) in [6.07, 6.45) is 6.68.